The van der Waals surface area contributed by atoms with Crippen molar-refractivity contribution in [2.24, 2.45) is 7.05 Å². The van der Waals surface area contributed by atoms with Gasteiger partial charge in [0.2, 0.25) is 10.0 Å². The van der Waals surface area contributed by atoms with Gasteiger partial charge in [-0.25, -0.2) is 18.1 Å². The van der Waals surface area contributed by atoms with Gasteiger partial charge in [-0.2, -0.15) is 5.10 Å². The molecule has 3 N–H and O–H groups in total. The molecule has 19 heavy (non-hydrogen) atoms. The van der Waals surface area contributed by atoms with Gasteiger partial charge in [-0.15, -0.1) is 0 Å². The van der Waals surface area contributed by atoms with Crippen LogP contribution in [-0.4, -0.2) is 23.2 Å². The number of sulfonamides is 1. The van der Waals surface area contributed by atoms with Gasteiger partial charge in [0.1, 0.15) is 11.2 Å². The van der Waals surface area contributed by atoms with E-state index >= 15 is 0 Å². The first-order valence-electron chi connectivity index (χ1n) is 5.28. The normalized spacial score (nSPS) is 11.7. The van der Waals surface area contributed by atoms with Gasteiger partial charge in [0.15, 0.2) is 5.82 Å². The first-order valence-corrected chi connectivity index (χ1v) is 7.55. The summed E-state index contributed by atoms with van der Waals surface area (Å²) in [6.45, 7) is 0.0126. The zero-order valence-electron chi connectivity index (χ0n) is 10.0. The van der Waals surface area contributed by atoms with Crippen molar-refractivity contribution in [3.05, 3.63) is 34.8 Å². The van der Waals surface area contributed by atoms with Crippen LogP contribution in [0.2, 0.25) is 0 Å². The minimum atomic E-state index is -3.68. The number of hydrogen-bond donors (Lipinski definition) is 2. The fourth-order valence-corrected chi connectivity index (χ4v) is 2.94. The van der Waals surface area contributed by atoms with Gasteiger partial charge in [0.05, 0.1) is 12.2 Å². The Kier molecular flexibility index (Phi) is 3.88. The van der Waals surface area contributed by atoms with Gasteiger partial charge in [-0.3, -0.25) is 4.68 Å². The molecule has 0 aliphatic rings. The Morgan fingerprint density at radius 2 is 2.21 bits per heavy atom. The summed E-state index contributed by atoms with van der Waals surface area (Å²) in [5.74, 6) is 0.391. The average Bonchev–Trinajstić information content (AvgIpc) is 2.72. The van der Waals surface area contributed by atoms with E-state index in [1.807, 2.05) is 0 Å². The first-order chi connectivity index (χ1) is 8.88. The number of anilines is 1. The minimum absolute atomic E-state index is 0.0126. The van der Waals surface area contributed by atoms with Gasteiger partial charge in [0.25, 0.3) is 0 Å². The molecule has 1 aromatic heterocycles. The SMILES string of the molecule is Cn1cnc(CNS(=O)(=O)c2ccc(Br)cc2N)n1. The largest absolute Gasteiger partial charge is 0.398 e. The maximum absolute atomic E-state index is 12.1. The number of rotatable bonds is 4. The molecule has 0 atom stereocenters. The van der Waals surface area contributed by atoms with Crippen LogP contribution in [0.25, 0.3) is 0 Å². The second-order valence-electron chi connectivity index (χ2n) is 3.84. The van der Waals surface area contributed by atoms with Crippen LogP contribution in [-0.2, 0) is 23.6 Å². The maximum Gasteiger partial charge on any atom is 0.243 e. The summed E-state index contributed by atoms with van der Waals surface area (Å²) in [6, 6.07) is 4.59. The van der Waals surface area contributed by atoms with Gasteiger partial charge in [-0.1, -0.05) is 15.9 Å². The lowest BCUT2D eigenvalue weighted by molar-refractivity contribution is 0.579. The number of aryl methyl sites for hydroxylation is 1. The smallest absolute Gasteiger partial charge is 0.243 e. The molecular weight excluding hydrogens is 334 g/mol. The number of benzene rings is 1. The molecule has 0 bridgehead atoms. The fraction of sp³-hybridized carbons (Fsp3) is 0.200. The number of nitrogens with zero attached hydrogens (tertiary/aromatic N) is 3. The number of aromatic nitrogens is 3. The molecule has 0 aliphatic heterocycles. The Labute approximate surface area is 119 Å². The molecule has 0 amide bonds. The Morgan fingerprint density at radius 3 is 2.79 bits per heavy atom. The van der Waals surface area contributed by atoms with Gasteiger partial charge < -0.3 is 5.73 Å². The lowest BCUT2D eigenvalue weighted by Gasteiger charge is -2.08. The molecule has 0 radical (unpaired) electrons. The third-order valence-electron chi connectivity index (χ3n) is 2.33. The van der Waals surface area contributed by atoms with Crippen LogP contribution in [0.15, 0.2) is 33.9 Å². The van der Waals surface area contributed by atoms with E-state index in [9.17, 15) is 8.42 Å². The van der Waals surface area contributed by atoms with E-state index in [1.54, 1.807) is 13.1 Å². The van der Waals surface area contributed by atoms with Gasteiger partial charge in [-0.05, 0) is 18.2 Å². The number of hydrogen-bond acceptors (Lipinski definition) is 5. The van der Waals surface area contributed by atoms with Crippen LogP contribution in [0.4, 0.5) is 5.69 Å². The zero-order valence-corrected chi connectivity index (χ0v) is 12.4. The van der Waals surface area contributed by atoms with Crippen molar-refractivity contribution in [2.75, 3.05) is 5.73 Å². The average molecular weight is 346 g/mol. The summed E-state index contributed by atoms with van der Waals surface area (Å²) < 4.78 is 28.8. The van der Waals surface area contributed by atoms with Crippen molar-refractivity contribution in [3.8, 4) is 0 Å². The highest BCUT2D eigenvalue weighted by molar-refractivity contribution is 9.10. The van der Waals surface area contributed by atoms with E-state index in [-0.39, 0.29) is 17.1 Å². The van der Waals surface area contributed by atoms with Crippen molar-refractivity contribution < 1.29 is 8.42 Å². The highest BCUT2D eigenvalue weighted by Gasteiger charge is 2.17. The number of nitrogens with one attached hydrogen (secondary N) is 1. The van der Waals surface area contributed by atoms with Crippen LogP contribution < -0.4 is 10.5 Å². The Hall–Kier alpha value is -1.45. The minimum Gasteiger partial charge on any atom is -0.398 e. The lowest BCUT2D eigenvalue weighted by Crippen LogP contribution is -2.24. The topological polar surface area (TPSA) is 103 Å². The van der Waals surface area contributed by atoms with E-state index in [2.05, 4.69) is 30.7 Å². The molecule has 0 saturated heterocycles. The molecule has 0 aliphatic carbocycles. The summed E-state index contributed by atoms with van der Waals surface area (Å²) >= 11 is 3.22. The van der Waals surface area contributed by atoms with E-state index in [0.717, 1.165) is 4.47 Å². The van der Waals surface area contributed by atoms with Crippen molar-refractivity contribution in [2.45, 2.75) is 11.4 Å². The molecule has 2 aromatic rings. The molecule has 9 heteroatoms. The highest BCUT2D eigenvalue weighted by atomic mass is 79.9. The van der Waals surface area contributed by atoms with Crippen LogP contribution >= 0.6 is 15.9 Å². The van der Waals surface area contributed by atoms with E-state index in [4.69, 9.17) is 5.73 Å². The molecule has 0 fully saturated rings. The second kappa shape index (κ2) is 5.27. The summed E-state index contributed by atoms with van der Waals surface area (Å²) in [5, 5.41) is 3.98. The predicted molar refractivity (Wildman–Crippen MR) is 73.6 cm³/mol. The maximum atomic E-state index is 12.1. The predicted octanol–water partition coefficient (Wildman–Crippen LogP) is 0.638. The van der Waals surface area contributed by atoms with Crippen molar-refractivity contribution in [3.63, 3.8) is 0 Å². The van der Waals surface area contributed by atoms with Crippen LogP contribution in [0.5, 0.6) is 0 Å². The quantitative estimate of drug-likeness (QED) is 0.791. The Morgan fingerprint density at radius 1 is 1.47 bits per heavy atom. The van der Waals surface area contributed by atoms with Gasteiger partial charge in [0, 0.05) is 11.5 Å². The van der Waals surface area contributed by atoms with Crippen molar-refractivity contribution in [1.82, 2.24) is 19.5 Å². The lowest BCUT2D eigenvalue weighted by atomic mass is 10.3. The fourth-order valence-electron chi connectivity index (χ4n) is 1.47. The second-order valence-corrected chi connectivity index (χ2v) is 6.49. The molecule has 1 aromatic carbocycles. The monoisotopic (exact) mass is 345 g/mol. The zero-order chi connectivity index (χ0) is 14.0. The summed E-state index contributed by atoms with van der Waals surface area (Å²) in [6.07, 6.45) is 1.50. The number of nitrogens with two attached hydrogens (primary N) is 1. The van der Waals surface area contributed by atoms with Crippen molar-refractivity contribution >= 4 is 31.6 Å². The highest BCUT2D eigenvalue weighted by Crippen LogP contribution is 2.22. The van der Waals surface area contributed by atoms with Crippen molar-refractivity contribution in [1.29, 1.82) is 0 Å². The molecule has 102 valence electrons. The standard InChI is InChI=1S/C10H12BrN5O2S/c1-16-6-13-10(15-16)5-14-19(17,18)9-3-2-7(11)4-8(9)12/h2-4,6,14H,5,12H2,1H3. The summed E-state index contributed by atoms with van der Waals surface area (Å²) in [7, 11) is -1.98. The van der Waals surface area contributed by atoms with Crippen LogP contribution in [0.1, 0.15) is 5.82 Å². The number of halogens is 1. The van der Waals surface area contributed by atoms with Gasteiger partial charge >= 0.3 is 0 Å². The summed E-state index contributed by atoms with van der Waals surface area (Å²) in [4.78, 5) is 3.97. The molecule has 0 unspecified atom stereocenters. The molecule has 7 nitrogen and oxygen atoms in total. The molecule has 1 heterocycles. The molecule has 2 rings (SSSR count). The number of nitrogen functional groups attached to an aromatic ring is 1. The van der Waals surface area contributed by atoms with E-state index < -0.39 is 10.0 Å². The molecule has 0 spiro atoms. The molecular formula is C10H12BrN5O2S. The Balaban J connectivity index is 2.18. The van der Waals surface area contributed by atoms with E-state index in [1.165, 1.54) is 23.1 Å². The first kappa shape index (κ1) is 14.0. The third-order valence-corrected chi connectivity index (χ3v) is 4.30. The van der Waals surface area contributed by atoms with Crippen LogP contribution in [0.3, 0.4) is 0 Å². The third kappa shape index (κ3) is 3.31. The Bertz CT molecular complexity index is 698. The van der Waals surface area contributed by atoms with Crippen LogP contribution in [0, 0.1) is 0 Å². The molecule has 0 saturated carbocycles. The van der Waals surface area contributed by atoms with E-state index in [0.29, 0.717) is 5.82 Å². The summed E-state index contributed by atoms with van der Waals surface area (Å²) in [5.41, 5.74) is 5.87.